The van der Waals surface area contributed by atoms with Gasteiger partial charge in [-0.2, -0.15) is 5.10 Å². The zero-order valence-corrected chi connectivity index (χ0v) is 21.0. The monoisotopic (exact) mass is 469 g/mol. The first-order valence-corrected chi connectivity index (χ1v) is 12.9. The van der Waals surface area contributed by atoms with Gasteiger partial charge in [-0.3, -0.25) is 14.5 Å². The third-order valence-electron chi connectivity index (χ3n) is 7.16. The van der Waals surface area contributed by atoms with Gasteiger partial charge in [0, 0.05) is 48.4 Å². The van der Waals surface area contributed by atoms with Crippen molar-refractivity contribution >= 4 is 16.7 Å². The maximum absolute atomic E-state index is 12.6. The van der Waals surface area contributed by atoms with Gasteiger partial charge in [0.1, 0.15) is 0 Å². The number of nitrogens with one attached hydrogen (secondary N) is 2. The van der Waals surface area contributed by atoms with Crippen molar-refractivity contribution in [2.45, 2.75) is 64.5 Å². The fraction of sp³-hybridized carbons (Fsp3) is 0.414. The Kier molecular flexibility index (Phi) is 6.56. The maximum Gasteiger partial charge on any atom is 0.182 e. The van der Waals surface area contributed by atoms with Crippen LogP contribution >= 0.6 is 0 Å². The molecule has 0 radical (unpaired) electrons. The highest BCUT2D eigenvalue weighted by atomic mass is 16.1. The third-order valence-corrected chi connectivity index (χ3v) is 7.16. The van der Waals surface area contributed by atoms with E-state index in [9.17, 15) is 4.79 Å². The van der Waals surface area contributed by atoms with E-state index in [1.165, 1.54) is 18.4 Å². The summed E-state index contributed by atoms with van der Waals surface area (Å²) in [6.07, 6.45) is 10.3. The fourth-order valence-electron chi connectivity index (χ4n) is 4.71. The summed E-state index contributed by atoms with van der Waals surface area (Å²) in [4.78, 5) is 20.1. The first-order chi connectivity index (χ1) is 17.0. The molecule has 4 aromatic rings. The molecule has 0 unspecified atom stereocenters. The molecule has 2 aliphatic carbocycles. The van der Waals surface area contributed by atoms with E-state index in [1.807, 2.05) is 42.3 Å². The molecule has 6 heteroatoms. The van der Waals surface area contributed by atoms with E-state index >= 15 is 0 Å². The Morgan fingerprint density at radius 2 is 1.86 bits per heavy atom. The van der Waals surface area contributed by atoms with Crippen molar-refractivity contribution in [1.29, 1.82) is 0 Å². The predicted octanol–water partition coefficient (Wildman–Crippen LogP) is 6.14. The van der Waals surface area contributed by atoms with Gasteiger partial charge in [-0.25, -0.2) is 0 Å². The van der Waals surface area contributed by atoms with Gasteiger partial charge in [-0.15, -0.1) is 0 Å². The van der Waals surface area contributed by atoms with Gasteiger partial charge in [0.05, 0.1) is 22.6 Å². The molecule has 2 N–H and O–H groups in total. The average Bonchev–Trinajstić information content (AvgIpc) is 3.33. The van der Waals surface area contributed by atoms with Crippen LogP contribution in [0.25, 0.3) is 22.2 Å². The second kappa shape index (κ2) is 9.78. The molecule has 0 atom stereocenters. The molecule has 0 aliphatic heterocycles. The predicted molar refractivity (Wildman–Crippen MR) is 140 cm³/mol. The van der Waals surface area contributed by atoms with Crippen LogP contribution in [-0.2, 0) is 19.1 Å². The zero-order valence-electron chi connectivity index (χ0n) is 21.0. The van der Waals surface area contributed by atoms with Crippen molar-refractivity contribution in [3.8, 4) is 11.3 Å². The minimum absolute atomic E-state index is 0.0418. The van der Waals surface area contributed by atoms with Crippen LogP contribution in [0.5, 0.6) is 0 Å². The van der Waals surface area contributed by atoms with Gasteiger partial charge >= 0.3 is 0 Å². The molecule has 2 fully saturated rings. The lowest BCUT2D eigenvalue weighted by Crippen LogP contribution is -2.29. The van der Waals surface area contributed by atoms with E-state index < -0.39 is 0 Å². The summed E-state index contributed by atoms with van der Waals surface area (Å²) in [5, 5.41) is 9.66. The number of aryl methyl sites for hydroxylation is 1. The topological polar surface area (TPSA) is 75.6 Å². The molecule has 6 nitrogen and oxygen atoms in total. The Hall–Kier alpha value is -3.25. The number of benzene rings is 1. The fourth-order valence-corrected chi connectivity index (χ4v) is 4.71. The summed E-state index contributed by atoms with van der Waals surface area (Å²) < 4.78 is 1.97. The number of aromatic amines is 1. The summed E-state index contributed by atoms with van der Waals surface area (Å²) in [5.41, 5.74) is 6.24. The molecule has 0 amide bonds. The number of fused-ring (bicyclic) bond motifs is 1. The van der Waals surface area contributed by atoms with Crippen molar-refractivity contribution in [3.05, 3.63) is 71.8 Å². The lowest BCUT2D eigenvalue weighted by molar-refractivity contribution is 0.0850. The van der Waals surface area contributed by atoms with Crippen molar-refractivity contribution in [2.75, 3.05) is 0 Å². The van der Waals surface area contributed by atoms with E-state index in [-0.39, 0.29) is 17.2 Å². The number of nitrogens with zero attached hydrogens (tertiary/aromatic N) is 3. The zero-order chi connectivity index (χ0) is 24.4. The summed E-state index contributed by atoms with van der Waals surface area (Å²) in [6.45, 7) is 5.06. The molecule has 2 aliphatic rings. The van der Waals surface area contributed by atoms with Crippen molar-refractivity contribution < 1.29 is 4.79 Å². The second-order valence-corrected chi connectivity index (χ2v) is 10.0. The first kappa shape index (κ1) is 23.5. The Bertz CT molecular complexity index is 1310. The summed E-state index contributed by atoms with van der Waals surface area (Å²) >= 11 is 0. The molecular weight excluding hydrogens is 434 g/mol. The molecular formula is C29H35N5O. The minimum Gasteiger partial charge on any atom is -0.352 e. The third kappa shape index (κ3) is 4.80. The average molecular weight is 470 g/mol. The number of carbonyl (C=O) groups is 1. The molecule has 0 spiro atoms. The van der Waals surface area contributed by atoms with Gasteiger partial charge in [0.2, 0.25) is 0 Å². The van der Waals surface area contributed by atoms with Gasteiger partial charge < -0.3 is 10.3 Å². The Labute approximate surface area is 207 Å². The van der Waals surface area contributed by atoms with Crippen molar-refractivity contribution in [2.24, 2.45) is 13.0 Å². The molecule has 1 aromatic carbocycles. The van der Waals surface area contributed by atoms with E-state index in [0.29, 0.717) is 0 Å². The number of ketones is 1. The number of pyridine rings is 1. The number of carbonyl (C=O) groups excluding carboxylic acids is 1. The summed E-state index contributed by atoms with van der Waals surface area (Å²) in [5.74, 6) is 0.462. The molecule has 0 bridgehead atoms. The Morgan fingerprint density at radius 3 is 2.51 bits per heavy atom. The van der Waals surface area contributed by atoms with Crippen LogP contribution in [0.3, 0.4) is 0 Å². The van der Waals surface area contributed by atoms with E-state index in [4.69, 9.17) is 5.10 Å². The number of Topliss-reactive ketones (excluding diaryl/α,β-unsaturated/α-hetero) is 1. The highest BCUT2D eigenvalue weighted by molar-refractivity contribution is 6.01. The highest BCUT2D eigenvalue weighted by Crippen LogP contribution is 2.46. The molecule has 3 heterocycles. The van der Waals surface area contributed by atoms with Crippen LogP contribution < -0.4 is 5.32 Å². The standard InChI is InChI=1S/C26H27N5O.C3H8/c1-31-23(15-24(30-31)26(9-10-26)28-16-17-7-11-27-12-8-17)19-5-6-21-20(13-19)14-22(29-21)25(32)18-3-2-4-18;1-3-2/h5-8,11-15,18,28-29H,2-4,9-10,16H2,1H3;3H2,1-2H3. The van der Waals surface area contributed by atoms with Crippen LogP contribution in [0.2, 0.25) is 0 Å². The highest BCUT2D eigenvalue weighted by Gasteiger charge is 2.46. The van der Waals surface area contributed by atoms with Crippen molar-refractivity contribution in [1.82, 2.24) is 25.1 Å². The maximum atomic E-state index is 12.6. The molecule has 0 saturated heterocycles. The lowest BCUT2D eigenvalue weighted by atomic mass is 9.81. The number of aromatic nitrogens is 4. The van der Waals surface area contributed by atoms with Crippen molar-refractivity contribution in [3.63, 3.8) is 0 Å². The largest absolute Gasteiger partial charge is 0.352 e. The SMILES string of the molecule is CCC.Cn1nc(C2(NCc3ccncc3)CC2)cc1-c1ccc2[nH]c(C(=O)C3CCC3)cc2c1. The molecule has 2 saturated carbocycles. The van der Waals surface area contributed by atoms with E-state index in [0.717, 1.165) is 65.8 Å². The normalized spacial score (nSPS) is 16.4. The number of hydrogen-bond acceptors (Lipinski definition) is 4. The van der Waals surface area contributed by atoms with Gasteiger partial charge in [0.15, 0.2) is 5.78 Å². The van der Waals surface area contributed by atoms with E-state index in [1.54, 1.807) is 0 Å². The van der Waals surface area contributed by atoms with Crippen LogP contribution in [0.1, 0.15) is 74.1 Å². The molecule has 182 valence electrons. The van der Waals surface area contributed by atoms with Crippen LogP contribution in [0.15, 0.2) is 54.9 Å². The van der Waals surface area contributed by atoms with E-state index in [2.05, 4.69) is 53.4 Å². The summed E-state index contributed by atoms with van der Waals surface area (Å²) in [7, 11) is 2.00. The van der Waals surface area contributed by atoms with Gasteiger partial charge in [-0.05, 0) is 67.6 Å². The molecule has 6 rings (SSSR count). The van der Waals surface area contributed by atoms with Gasteiger partial charge in [0.25, 0.3) is 0 Å². The Morgan fingerprint density at radius 1 is 1.11 bits per heavy atom. The number of hydrogen-bond donors (Lipinski definition) is 2. The molecule has 3 aromatic heterocycles. The first-order valence-electron chi connectivity index (χ1n) is 12.9. The number of rotatable bonds is 7. The van der Waals surface area contributed by atoms with Crippen LogP contribution in [0.4, 0.5) is 0 Å². The van der Waals surface area contributed by atoms with Crippen LogP contribution in [0, 0.1) is 5.92 Å². The second-order valence-electron chi connectivity index (χ2n) is 10.0. The molecule has 35 heavy (non-hydrogen) atoms. The minimum atomic E-state index is -0.0418. The number of H-pyrrole nitrogens is 1. The van der Waals surface area contributed by atoms with Crippen LogP contribution in [-0.4, -0.2) is 25.5 Å². The summed E-state index contributed by atoms with van der Waals surface area (Å²) in [6, 6.07) is 14.7. The lowest BCUT2D eigenvalue weighted by Gasteiger charge is -2.22. The Balaban J connectivity index is 0.000000806. The quantitative estimate of drug-likeness (QED) is 0.319. The smallest absolute Gasteiger partial charge is 0.182 e. The van der Waals surface area contributed by atoms with Gasteiger partial charge in [-0.1, -0.05) is 32.8 Å².